The Morgan fingerprint density at radius 1 is 1.21 bits per heavy atom. The Morgan fingerprint density at radius 3 is 2.71 bits per heavy atom. The van der Waals surface area contributed by atoms with E-state index in [9.17, 15) is 14.9 Å². The summed E-state index contributed by atoms with van der Waals surface area (Å²) in [5.41, 5.74) is 1.27. The Bertz CT molecular complexity index is 909. The summed E-state index contributed by atoms with van der Waals surface area (Å²) in [7, 11) is 3.19. The Kier molecular flexibility index (Phi) is 5.93. The molecule has 1 fully saturated rings. The average molecular weight is 382 g/mol. The first-order chi connectivity index (χ1) is 13.5. The largest absolute Gasteiger partial charge is 0.497 e. The molecule has 0 aromatic heterocycles. The molecule has 0 saturated carbocycles. The topological polar surface area (TPSA) is 81.9 Å². The molecule has 1 aliphatic heterocycles. The molecule has 1 aliphatic rings. The number of para-hydroxylation sites is 1. The van der Waals surface area contributed by atoms with E-state index in [1.807, 2.05) is 18.2 Å². The van der Waals surface area contributed by atoms with Crippen LogP contribution in [-0.2, 0) is 4.79 Å². The minimum Gasteiger partial charge on any atom is -0.497 e. The summed E-state index contributed by atoms with van der Waals surface area (Å²) in [5.74, 6) is 1.21. The van der Waals surface area contributed by atoms with E-state index in [1.54, 1.807) is 37.3 Å². The Morgan fingerprint density at radius 2 is 2.00 bits per heavy atom. The van der Waals surface area contributed by atoms with Gasteiger partial charge in [-0.1, -0.05) is 12.1 Å². The highest BCUT2D eigenvalue weighted by atomic mass is 16.6. The molecule has 1 heterocycles. The van der Waals surface area contributed by atoms with Gasteiger partial charge in [-0.15, -0.1) is 0 Å². The molecule has 2 aromatic carbocycles. The van der Waals surface area contributed by atoms with Crippen LogP contribution in [-0.4, -0.2) is 36.5 Å². The zero-order valence-corrected chi connectivity index (χ0v) is 15.8. The predicted molar refractivity (Wildman–Crippen MR) is 105 cm³/mol. The molecule has 0 aliphatic carbocycles. The SMILES string of the molecule is COc1ccc(OC)c(C2CCCN2C(=O)/C=C/c2ccccc2[N+](=O)[O-])c1. The highest BCUT2D eigenvalue weighted by molar-refractivity contribution is 5.93. The highest BCUT2D eigenvalue weighted by Gasteiger charge is 2.31. The lowest BCUT2D eigenvalue weighted by Gasteiger charge is -2.25. The van der Waals surface area contributed by atoms with Gasteiger partial charge in [0.15, 0.2) is 0 Å². The molecule has 0 bridgehead atoms. The average Bonchev–Trinajstić information content (AvgIpc) is 3.21. The van der Waals surface area contributed by atoms with Crippen molar-refractivity contribution < 1.29 is 19.2 Å². The van der Waals surface area contributed by atoms with Crippen LogP contribution >= 0.6 is 0 Å². The van der Waals surface area contributed by atoms with Gasteiger partial charge < -0.3 is 14.4 Å². The first kappa shape index (κ1) is 19.4. The first-order valence-electron chi connectivity index (χ1n) is 8.99. The number of benzene rings is 2. The molecule has 7 heteroatoms. The van der Waals surface area contributed by atoms with Crippen molar-refractivity contribution in [1.82, 2.24) is 4.90 Å². The van der Waals surface area contributed by atoms with Crippen LogP contribution in [0.5, 0.6) is 11.5 Å². The van der Waals surface area contributed by atoms with Gasteiger partial charge in [0.2, 0.25) is 5.91 Å². The van der Waals surface area contributed by atoms with Gasteiger partial charge >= 0.3 is 0 Å². The van der Waals surface area contributed by atoms with Crippen LogP contribution in [0.4, 0.5) is 5.69 Å². The zero-order valence-electron chi connectivity index (χ0n) is 15.8. The molecular weight excluding hydrogens is 360 g/mol. The molecule has 2 aromatic rings. The van der Waals surface area contributed by atoms with Gasteiger partial charge in [-0.25, -0.2) is 0 Å². The molecule has 1 unspecified atom stereocenters. The van der Waals surface area contributed by atoms with Crippen molar-refractivity contribution in [3.8, 4) is 11.5 Å². The summed E-state index contributed by atoms with van der Waals surface area (Å²) >= 11 is 0. The van der Waals surface area contributed by atoms with Crippen LogP contribution in [0, 0.1) is 10.1 Å². The fraction of sp³-hybridized carbons (Fsp3) is 0.286. The van der Waals surface area contributed by atoms with Crippen molar-refractivity contribution in [2.24, 2.45) is 0 Å². The minimum absolute atomic E-state index is 0.0287. The van der Waals surface area contributed by atoms with Crippen LogP contribution in [0.1, 0.15) is 30.0 Å². The summed E-state index contributed by atoms with van der Waals surface area (Å²) in [4.78, 5) is 25.3. The van der Waals surface area contributed by atoms with Crippen molar-refractivity contribution in [2.75, 3.05) is 20.8 Å². The standard InChI is InChI=1S/C21H22N2O5/c1-27-16-10-11-20(28-2)17(14-16)19-8-5-13-22(19)21(24)12-9-15-6-3-4-7-18(15)23(25)26/h3-4,6-7,9-12,14,19H,5,8,13H2,1-2H3/b12-9+. The van der Waals surface area contributed by atoms with E-state index in [-0.39, 0.29) is 17.6 Å². The second kappa shape index (κ2) is 8.56. The lowest BCUT2D eigenvalue weighted by Crippen LogP contribution is -2.29. The van der Waals surface area contributed by atoms with Gasteiger partial charge in [0, 0.05) is 24.3 Å². The molecule has 146 valence electrons. The van der Waals surface area contributed by atoms with Gasteiger partial charge in [0.05, 0.1) is 30.7 Å². The number of ether oxygens (including phenoxy) is 2. The van der Waals surface area contributed by atoms with Crippen molar-refractivity contribution in [2.45, 2.75) is 18.9 Å². The molecule has 1 saturated heterocycles. The molecule has 3 rings (SSSR count). The number of methoxy groups -OCH3 is 2. The minimum atomic E-state index is -0.454. The maximum atomic E-state index is 12.8. The van der Waals surface area contributed by atoms with E-state index in [0.717, 1.165) is 18.4 Å². The molecule has 7 nitrogen and oxygen atoms in total. The van der Waals surface area contributed by atoms with Crippen molar-refractivity contribution in [3.63, 3.8) is 0 Å². The maximum Gasteiger partial charge on any atom is 0.276 e. The van der Waals surface area contributed by atoms with E-state index in [0.29, 0.717) is 23.6 Å². The van der Waals surface area contributed by atoms with Crippen LogP contribution in [0.25, 0.3) is 6.08 Å². The van der Waals surface area contributed by atoms with E-state index in [2.05, 4.69) is 0 Å². The number of nitrogens with zero attached hydrogens (tertiary/aromatic N) is 2. The van der Waals surface area contributed by atoms with Gasteiger partial charge in [0.1, 0.15) is 11.5 Å². The van der Waals surface area contributed by atoms with Gasteiger partial charge in [-0.05, 0) is 43.2 Å². The number of rotatable bonds is 6. The maximum absolute atomic E-state index is 12.8. The van der Waals surface area contributed by atoms with Crippen molar-refractivity contribution >= 4 is 17.7 Å². The number of likely N-dealkylation sites (tertiary alicyclic amines) is 1. The lowest BCUT2D eigenvalue weighted by molar-refractivity contribution is -0.385. The quantitative estimate of drug-likeness (QED) is 0.429. The second-order valence-electron chi connectivity index (χ2n) is 6.45. The normalized spacial score (nSPS) is 16.4. The Labute approximate surface area is 163 Å². The van der Waals surface area contributed by atoms with Crippen LogP contribution < -0.4 is 9.47 Å². The van der Waals surface area contributed by atoms with Gasteiger partial charge in [0.25, 0.3) is 5.69 Å². The highest BCUT2D eigenvalue weighted by Crippen LogP contribution is 2.39. The first-order valence-corrected chi connectivity index (χ1v) is 8.99. The number of carbonyl (C=O) groups excluding carboxylic acids is 1. The van der Waals surface area contributed by atoms with Crippen molar-refractivity contribution in [3.05, 3.63) is 69.8 Å². The number of nitro groups is 1. The smallest absolute Gasteiger partial charge is 0.276 e. The summed E-state index contributed by atoms with van der Waals surface area (Å²) in [6.07, 6.45) is 4.58. The third-order valence-electron chi connectivity index (χ3n) is 4.87. The molecule has 0 N–H and O–H groups in total. The molecule has 1 atom stereocenters. The van der Waals surface area contributed by atoms with Gasteiger partial charge in [-0.3, -0.25) is 14.9 Å². The molecule has 1 amide bonds. The van der Waals surface area contributed by atoms with E-state index >= 15 is 0 Å². The number of amides is 1. The monoisotopic (exact) mass is 382 g/mol. The third-order valence-corrected chi connectivity index (χ3v) is 4.87. The third kappa shape index (κ3) is 3.98. The van der Waals surface area contributed by atoms with Crippen molar-refractivity contribution in [1.29, 1.82) is 0 Å². The van der Waals surface area contributed by atoms with Crippen LogP contribution in [0.3, 0.4) is 0 Å². The predicted octanol–water partition coefficient (Wildman–Crippen LogP) is 3.99. The van der Waals surface area contributed by atoms with E-state index < -0.39 is 4.92 Å². The molecular formula is C21H22N2O5. The van der Waals surface area contributed by atoms with Crippen LogP contribution in [0.2, 0.25) is 0 Å². The summed E-state index contributed by atoms with van der Waals surface area (Å²) in [6, 6.07) is 11.8. The number of carbonyl (C=O) groups is 1. The van der Waals surface area contributed by atoms with Gasteiger partial charge in [-0.2, -0.15) is 0 Å². The molecule has 0 radical (unpaired) electrons. The second-order valence-corrected chi connectivity index (χ2v) is 6.45. The molecule has 28 heavy (non-hydrogen) atoms. The van der Waals surface area contributed by atoms with Crippen LogP contribution in [0.15, 0.2) is 48.5 Å². The van der Waals surface area contributed by atoms with E-state index in [1.165, 1.54) is 18.2 Å². The number of hydrogen-bond acceptors (Lipinski definition) is 5. The molecule has 0 spiro atoms. The fourth-order valence-electron chi connectivity index (χ4n) is 3.51. The summed E-state index contributed by atoms with van der Waals surface area (Å²) < 4.78 is 10.8. The van der Waals surface area contributed by atoms with E-state index in [4.69, 9.17) is 9.47 Å². The zero-order chi connectivity index (χ0) is 20.1. The lowest BCUT2D eigenvalue weighted by atomic mass is 10.0. The Balaban J connectivity index is 1.86. The summed E-state index contributed by atoms with van der Waals surface area (Å²) in [5, 5.41) is 11.1. The fourth-order valence-corrected chi connectivity index (χ4v) is 3.51. The summed E-state index contributed by atoms with van der Waals surface area (Å²) in [6.45, 7) is 0.616. The number of nitro benzene ring substituents is 1. The Hall–Kier alpha value is -3.35. The number of hydrogen-bond donors (Lipinski definition) is 0.